The standard InChI is InChI=1S/C16H12N2O/c19-16(13-5-2-1-3-6-13)18-14-9-8-12-7-4-10-17-15(12)11-14/h1-11H,(H,18,19). The minimum Gasteiger partial charge on any atom is -0.322 e. The number of nitrogens with zero attached hydrogens (tertiary/aromatic N) is 1. The lowest BCUT2D eigenvalue weighted by atomic mass is 10.2. The van der Waals surface area contributed by atoms with Gasteiger partial charge in [-0.05, 0) is 30.3 Å². The van der Waals surface area contributed by atoms with Crippen molar-refractivity contribution in [3.05, 3.63) is 72.4 Å². The topological polar surface area (TPSA) is 42.0 Å². The highest BCUT2D eigenvalue weighted by Gasteiger charge is 2.05. The Labute approximate surface area is 110 Å². The van der Waals surface area contributed by atoms with E-state index in [4.69, 9.17) is 0 Å². The number of pyridine rings is 1. The third-order valence-corrected chi connectivity index (χ3v) is 2.90. The third-order valence-electron chi connectivity index (χ3n) is 2.90. The van der Waals surface area contributed by atoms with Crippen LogP contribution in [0.3, 0.4) is 0 Å². The first kappa shape index (κ1) is 11.4. The lowest BCUT2D eigenvalue weighted by molar-refractivity contribution is 0.102. The minimum atomic E-state index is -0.115. The number of carbonyl (C=O) groups is 1. The number of aromatic nitrogens is 1. The van der Waals surface area contributed by atoms with Crippen LogP contribution in [0.1, 0.15) is 10.4 Å². The van der Waals surface area contributed by atoms with E-state index in [-0.39, 0.29) is 5.91 Å². The zero-order valence-corrected chi connectivity index (χ0v) is 10.2. The molecule has 1 aromatic heterocycles. The summed E-state index contributed by atoms with van der Waals surface area (Å²) in [6, 6.07) is 18.7. The quantitative estimate of drug-likeness (QED) is 0.754. The fourth-order valence-corrected chi connectivity index (χ4v) is 1.94. The molecule has 3 nitrogen and oxygen atoms in total. The second-order valence-corrected chi connectivity index (χ2v) is 4.23. The maximum absolute atomic E-state index is 12.0. The van der Waals surface area contributed by atoms with Gasteiger partial charge in [0.1, 0.15) is 0 Å². The molecule has 19 heavy (non-hydrogen) atoms. The van der Waals surface area contributed by atoms with Crippen LogP contribution in [0.15, 0.2) is 66.9 Å². The van der Waals surface area contributed by atoms with Crippen molar-refractivity contribution in [3.63, 3.8) is 0 Å². The first-order chi connectivity index (χ1) is 9.33. The van der Waals surface area contributed by atoms with E-state index in [1.165, 1.54) is 0 Å². The van der Waals surface area contributed by atoms with Crippen LogP contribution in [-0.4, -0.2) is 10.9 Å². The van der Waals surface area contributed by atoms with E-state index >= 15 is 0 Å². The number of hydrogen-bond donors (Lipinski definition) is 1. The second kappa shape index (κ2) is 4.90. The van der Waals surface area contributed by atoms with Crippen molar-refractivity contribution >= 4 is 22.5 Å². The zero-order chi connectivity index (χ0) is 13.1. The summed E-state index contributed by atoms with van der Waals surface area (Å²) < 4.78 is 0. The van der Waals surface area contributed by atoms with E-state index in [9.17, 15) is 4.79 Å². The van der Waals surface area contributed by atoms with Crippen molar-refractivity contribution in [1.82, 2.24) is 4.98 Å². The van der Waals surface area contributed by atoms with Crippen LogP contribution in [0, 0.1) is 0 Å². The summed E-state index contributed by atoms with van der Waals surface area (Å²) in [5.74, 6) is -0.115. The number of carbonyl (C=O) groups excluding carboxylic acids is 1. The van der Waals surface area contributed by atoms with E-state index in [1.54, 1.807) is 18.3 Å². The molecule has 2 aromatic carbocycles. The van der Waals surface area contributed by atoms with Gasteiger partial charge in [-0.15, -0.1) is 0 Å². The summed E-state index contributed by atoms with van der Waals surface area (Å²) in [6.45, 7) is 0. The third kappa shape index (κ3) is 2.45. The maximum Gasteiger partial charge on any atom is 0.255 e. The van der Waals surface area contributed by atoms with Gasteiger partial charge in [-0.2, -0.15) is 0 Å². The molecule has 0 fully saturated rings. The average molecular weight is 248 g/mol. The lowest BCUT2D eigenvalue weighted by Gasteiger charge is -2.06. The molecular weight excluding hydrogens is 236 g/mol. The van der Waals surface area contributed by atoms with Crippen LogP contribution in [0.25, 0.3) is 10.9 Å². The molecule has 3 heteroatoms. The van der Waals surface area contributed by atoms with Gasteiger partial charge in [-0.25, -0.2) is 0 Å². The van der Waals surface area contributed by atoms with E-state index < -0.39 is 0 Å². The Hall–Kier alpha value is -2.68. The predicted octanol–water partition coefficient (Wildman–Crippen LogP) is 3.49. The van der Waals surface area contributed by atoms with Crippen molar-refractivity contribution in [2.75, 3.05) is 5.32 Å². The number of anilines is 1. The molecule has 3 aromatic rings. The number of amides is 1. The normalized spacial score (nSPS) is 10.3. The summed E-state index contributed by atoms with van der Waals surface area (Å²) in [5.41, 5.74) is 2.26. The molecule has 0 atom stereocenters. The molecule has 1 amide bonds. The van der Waals surface area contributed by atoms with Crippen LogP contribution in [0.2, 0.25) is 0 Å². The van der Waals surface area contributed by atoms with Crippen molar-refractivity contribution in [2.45, 2.75) is 0 Å². The van der Waals surface area contributed by atoms with Gasteiger partial charge in [0.2, 0.25) is 0 Å². The zero-order valence-electron chi connectivity index (χ0n) is 10.2. The fourth-order valence-electron chi connectivity index (χ4n) is 1.94. The second-order valence-electron chi connectivity index (χ2n) is 4.23. The summed E-state index contributed by atoms with van der Waals surface area (Å²) in [5, 5.41) is 3.93. The van der Waals surface area contributed by atoms with Gasteiger partial charge in [0.25, 0.3) is 5.91 Å². The number of rotatable bonds is 2. The van der Waals surface area contributed by atoms with Crippen molar-refractivity contribution < 1.29 is 4.79 Å². The Morgan fingerprint density at radius 2 is 1.79 bits per heavy atom. The number of nitrogens with one attached hydrogen (secondary N) is 1. The monoisotopic (exact) mass is 248 g/mol. The predicted molar refractivity (Wildman–Crippen MR) is 76.1 cm³/mol. The van der Waals surface area contributed by atoms with E-state index in [0.29, 0.717) is 5.56 Å². The molecule has 1 heterocycles. The largest absolute Gasteiger partial charge is 0.322 e. The molecule has 0 radical (unpaired) electrons. The molecule has 1 N–H and O–H groups in total. The average Bonchev–Trinajstić information content (AvgIpc) is 2.48. The molecule has 0 aliphatic rings. The molecule has 92 valence electrons. The summed E-state index contributed by atoms with van der Waals surface area (Å²) in [7, 11) is 0. The van der Waals surface area contributed by atoms with Crippen LogP contribution in [0.5, 0.6) is 0 Å². The van der Waals surface area contributed by atoms with Crippen LogP contribution in [-0.2, 0) is 0 Å². The number of fused-ring (bicyclic) bond motifs is 1. The Morgan fingerprint density at radius 1 is 0.947 bits per heavy atom. The smallest absolute Gasteiger partial charge is 0.255 e. The van der Waals surface area contributed by atoms with Crippen LogP contribution >= 0.6 is 0 Å². The maximum atomic E-state index is 12.0. The summed E-state index contributed by atoms with van der Waals surface area (Å²) >= 11 is 0. The van der Waals surface area contributed by atoms with E-state index in [1.807, 2.05) is 48.5 Å². The fraction of sp³-hybridized carbons (Fsp3) is 0. The highest BCUT2D eigenvalue weighted by molar-refractivity contribution is 6.05. The van der Waals surface area contributed by atoms with Gasteiger partial charge in [0.05, 0.1) is 5.52 Å². The number of hydrogen-bond acceptors (Lipinski definition) is 2. The highest BCUT2D eigenvalue weighted by Crippen LogP contribution is 2.17. The molecule has 0 saturated carbocycles. The molecule has 0 aliphatic heterocycles. The van der Waals surface area contributed by atoms with Crippen LogP contribution in [0.4, 0.5) is 5.69 Å². The molecule has 0 aliphatic carbocycles. The van der Waals surface area contributed by atoms with Gasteiger partial charge in [-0.3, -0.25) is 9.78 Å². The van der Waals surface area contributed by atoms with E-state index in [0.717, 1.165) is 16.6 Å². The molecule has 3 rings (SSSR count). The molecule has 0 saturated heterocycles. The van der Waals surface area contributed by atoms with Gasteiger partial charge in [-0.1, -0.05) is 30.3 Å². The summed E-state index contributed by atoms with van der Waals surface area (Å²) in [6.07, 6.45) is 1.74. The van der Waals surface area contributed by atoms with Gasteiger partial charge >= 0.3 is 0 Å². The molecule has 0 bridgehead atoms. The highest BCUT2D eigenvalue weighted by atomic mass is 16.1. The van der Waals surface area contributed by atoms with Crippen molar-refractivity contribution in [1.29, 1.82) is 0 Å². The van der Waals surface area contributed by atoms with E-state index in [2.05, 4.69) is 10.3 Å². The first-order valence-electron chi connectivity index (χ1n) is 6.04. The van der Waals surface area contributed by atoms with Gasteiger partial charge in [0.15, 0.2) is 0 Å². The minimum absolute atomic E-state index is 0.115. The van der Waals surface area contributed by atoms with Crippen LogP contribution < -0.4 is 5.32 Å². The lowest BCUT2D eigenvalue weighted by Crippen LogP contribution is -2.11. The SMILES string of the molecule is O=C(Nc1ccc2cccnc2c1)c1ccccc1. The van der Waals surface area contributed by atoms with Gasteiger partial charge in [0, 0.05) is 22.8 Å². The molecule has 0 unspecified atom stereocenters. The van der Waals surface area contributed by atoms with Crippen molar-refractivity contribution in [2.24, 2.45) is 0 Å². The molecule has 0 spiro atoms. The molecular formula is C16H12N2O. The first-order valence-corrected chi connectivity index (χ1v) is 6.04. The Morgan fingerprint density at radius 3 is 2.63 bits per heavy atom. The Kier molecular flexibility index (Phi) is 2.94. The van der Waals surface area contributed by atoms with Gasteiger partial charge < -0.3 is 5.32 Å². The Bertz CT molecular complexity index is 723. The van der Waals surface area contributed by atoms with Crippen molar-refractivity contribution in [3.8, 4) is 0 Å². The number of benzene rings is 2. The Balaban J connectivity index is 1.87. The summed E-state index contributed by atoms with van der Waals surface area (Å²) in [4.78, 5) is 16.3.